The van der Waals surface area contributed by atoms with E-state index in [0.717, 1.165) is 5.56 Å². The summed E-state index contributed by atoms with van der Waals surface area (Å²) in [6.45, 7) is 0. The number of hydrogen-bond acceptors (Lipinski definition) is 2. The van der Waals surface area contributed by atoms with E-state index >= 15 is 0 Å². The van der Waals surface area contributed by atoms with Gasteiger partial charge in [0.05, 0.1) is 11.6 Å². The van der Waals surface area contributed by atoms with Crippen molar-refractivity contribution in [3.05, 3.63) is 70.0 Å². The van der Waals surface area contributed by atoms with Gasteiger partial charge in [-0.2, -0.15) is 17.0 Å². The molecule has 0 aliphatic rings. The highest BCUT2D eigenvalue weighted by molar-refractivity contribution is 7.97. The zero-order valence-electron chi connectivity index (χ0n) is 10.1. The third kappa shape index (κ3) is 3.50. The van der Waals surface area contributed by atoms with Crippen molar-refractivity contribution < 1.29 is 4.39 Å². The first-order valence-electron chi connectivity index (χ1n) is 5.71. The van der Waals surface area contributed by atoms with E-state index in [2.05, 4.69) is 6.07 Å². The van der Waals surface area contributed by atoms with Gasteiger partial charge in [0.25, 0.3) is 0 Å². The van der Waals surface area contributed by atoms with E-state index in [1.807, 2.05) is 18.2 Å². The molecule has 0 spiro atoms. The quantitative estimate of drug-likeness (QED) is 0.809. The molecule has 4 heteroatoms. The van der Waals surface area contributed by atoms with Gasteiger partial charge in [0.2, 0.25) is 0 Å². The number of halogens is 2. The van der Waals surface area contributed by atoms with Crippen molar-refractivity contribution in [2.45, 2.75) is 11.5 Å². The molecule has 0 amide bonds. The molecule has 0 atom stereocenters. The summed E-state index contributed by atoms with van der Waals surface area (Å²) in [6, 6.07) is 14.3. The maximum absolute atomic E-state index is 13.6. The molecule has 96 valence electrons. The number of rotatable bonds is 4. The Kier molecular flexibility index (Phi) is 4.84. The lowest BCUT2D eigenvalue weighted by atomic mass is 10.1. The minimum absolute atomic E-state index is 0.284. The number of nitrogens with zero attached hydrogens (tertiary/aromatic N) is 1. The first-order chi connectivity index (χ1) is 9.22. The Morgan fingerprint density at radius 2 is 1.89 bits per heavy atom. The molecule has 0 bridgehead atoms. The zero-order chi connectivity index (χ0) is 13.7. The lowest BCUT2D eigenvalue weighted by Gasteiger charge is -2.06. The molecule has 2 rings (SSSR count). The van der Waals surface area contributed by atoms with E-state index in [4.69, 9.17) is 16.9 Å². The normalized spacial score (nSPS) is 10.2. The Hall–Kier alpha value is -1.50. The first-order valence-corrected chi connectivity index (χ1v) is 7.24. The first kappa shape index (κ1) is 13.9. The average molecular weight is 292 g/mol. The molecular weight excluding hydrogens is 281 g/mol. The molecule has 0 saturated carbocycles. The molecule has 2 aromatic rings. The Bertz CT molecular complexity index is 602. The largest absolute Gasteiger partial charge is 0.207 e. The van der Waals surface area contributed by atoms with Gasteiger partial charge in [0.1, 0.15) is 5.82 Å². The molecule has 0 saturated heterocycles. The third-order valence-corrected chi connectivity index (χ3v) is 4.07. The van der Waals surface area contributed by atoms with Gasteiger partial charge in [0.15, 0.2) is 0 Å². The third-order valence-electron chi connectivity index (χ3n) is 2.70. The molecule has 0 fully saturated rings. The maximum Gasteiger partial charge on any atom is 0.128 e. The molecule has 0 aliphatic heterocycles. The van der Waals surface area contributed by atoms with Gasteiger partial charge in [-0.05, 0) is 23.8 Å². The van der Waals surface area contributed by atoms with Gasteiger partial charge in [-0.1, -0.05) is 35.9 Å². The van der Waals surface area contributed by atoms with Crippen LogP contribution in [0.2, 0.25) is 5.02 Å². The number of hydrogen-bond donors (Lipinski definition) is 0. The number of benzene rings is 2. The minimum atomic E-state index is -0.284. The molecule has 0 unspecified atom stereocenters. The number of nitriles is 1. The van der Waals surface area contributed by atoms with E-state index in [9.17, 15) is 4.39 Å². The molecule has 2 aromatic carbocycles. The van der Waals surface area contributed by atoms with Crippen LogP contribution >= 0.6 is 23.4 Å². The van der Waals surface area contributed by atoms with Crippen molar-refractivity contribution in [3.8, 4) is 6.07 Å². The highest BCUT2D eigenvalue weighted by Crippen LogP contribution is 2.26. The van der Waals surface area contributed by atoms with Gasteiger partial charge in [-0.15, -0.1) is 0 Å². The predicted molar refractivity (Wildman–Crippen MR) is 77.6 cm³/mol. The fraction of sp³-hybridized carbons (Fsp3) is 0.133. The molecule has 0 heterocycles. The fourth-order valence-electron chi connectivity index (χ4n) is 1.69. The van der Waals surface area contributed by atoms with Crippen LogP contribution in [0.3, 0.4) is 0 Å². The Labute approximate surface area is 121 Å². The second kappa shape index (κ2) is 6.60. The average Bonchev–Trinajstić information content (AvgIpc) is 2.42. The summed E-state index contributed by atoms with van der Waals surface area (Å²) in [7, 11) is 0. The number of thioether (sulfide) groups is 1. The van der Waals surface area contributed by atoms with Crippen LogP contribution in [0.4, 0.5) is 4.39 Å². The predicted octanol–water partition coefficient (Wildman–Crippen LogP) is 4.78. The Morgan fingerprint density at radius 3 is 2.63 bits per heavy atom. The highest BCUT2D eigenvalue weighted by Gasteiger charge is 2.07. The monoisotopic (exact) mass is 291 g/mol. The summed E-state index contributed by atoms with van der Waals surface area (Å²) < 4.78 is 13.6. The van der Waals surface area contributed by atoms with Gasteiger partial charge in [-0.3, -0.25) is 0 Å². The van der Waals surface area contributed by atoms with Crippen LogP contribution in [0.15, 0.2) is 42.5 Å². The summed E-state index contributed by atoms with van der Waals surface area (Å²) in [6.07, 6.45) is 0. The molecule has 0 N–H and O–H groups in total. The van der Waals surface area contributed by atoms with Crippen molar-refractivity contribution in [3.63, 3.8) is 0 Å². The van der Waals surface area contributed by atoms with E-state index in [1.165, 1.54) is 6.07 Å². The molecule has 0 aromatic heterocycles. The SMILES string of the molecule is N#Cc1ccccc1CSCc1c(F)cccc1Cl. The Morgan fingerprint density at radius 1 is 1.11 bits per heavy atom. The minimum Gasteiger partial charge on any atom is -0.207 e. The van der Waals surface area contributed by atoms with Gasteiger partial charge in [-0.25, -0.2) is 4.39 Å². The molecule has 0 radical (unpaired) electrons. The summed E-state index contributed by atoms with van der Waals surface area (Å²) >= 11 is 7.51. The standard InChI is InChI=1S/C15H11ClFNS/c16-14-6-3-7-15(17)13(14)10-19-9-12-5-2-1-4-11(12)8-18/h1-7H,9-10H2. The van der Waals surface area contributed by atoms with Crippen LogP contribution < -0.4 is 0 Å². The van der Waals surface area contributed by atoms with Crippen LogP contribution in [0.25, 0.3) is 0 Å². The van der Waals surface area contributed by atoms with Crippen molar-refractivity contribution in [1.82, 2.24) is 0 Å². The molecule has 19 heavy (non-hydrogen) atoms. The van der Waals surface area contributed by atoms with E-state index in [-0.39, 0.29) is 5.82 Å². The molecular formula is C15H11ClFNS. The summed E-state index contributed by atoms with van der Waals surface area (Å²) in [5, 5.41) is 9.43. The highest BCUT2D eigenvalue weighted by atomic mass is 35.5. The summed E-state index contributed by atoms with van der Waals surface area (Å²) in [5.74, 6) is 0.869. The smallest absolute Gasteiger partial charge is 0.128 e. The molecule has 0 aliphatic carbocycles. The van der Waals surface area contributed by atoms with Crippen molar-refractivity contribution in [1.29, 1.82) is 5.26 Å². The second-order valence-electron chi connectivity index (χ2n) is 3.96. The van der Waals surface area contributed by atoms with Crippen LogP contribution in [-0.2, 0) is 11.5 Å². The lowest BCUT2D eigenvalue weighted by Crippen LogP contribution is -1.91. The van der Waals surface area contributed by atoms with Crippen molar-refractivity contribution in [2.75, 3.05) is 0 Å². The zero-order valence-corrected chi connectivity index (χ0v) is 11.6. The Balaban J connectivity index is 2.03. The van der Waals surface area contributed by atoms with Crippen LogP contribution in [-0.4, -0.2) is 0 Å². The van der Waals surface area contributed by atoms with Gasteiger partial charge in [0, 0.05) is 22.1 Å². The van der Waals surface area contributed by atoms with Gasteiger partial charge < -0.3 is 0 Å². The van der Waals surface area contributed by atoms with Gasteiger partial charge >= 0.3 is 0 Å². The topological polar surface area (TPSA) is 23.8 Å². The van der Waals surface area contributed by atoms with Crippen LogP contribution in [0.5, 0.6) is 0 Å². The van der Waals surface area contributed by atoms with E-state index in [0.29, 0.717) is 27.7 Å². The molecule has 1 nitrogen and oxygen atoms in total. The fourth-order valence-corrected chi connectivity index (χ4v) is 3.07. The van der Waals surface area contributed by atoms with Crippen LogP contribution in [0, 0.1) is 17.1 Å². The maximum atomic E-state index is 13.6. The van der Waals surface area contributed by atoms with E-state index in [1.54, 1.807) is 30.0 Å². The van der Waals surface area contributed by atoms with Crippen LogP contribution in [0.1, 0.15) is 16.7 Å². The van der Waals surface area contributed by atoms with Crippen molar-refractivity contribution >= 4 is 23.4 Å². The lowest BCUT2D eigenvalue weighted by molar-refractivity contribution is 0.617. The van der Waals surface area contributed by atoms with E-state index < -0.39 is 0 Å². The second-order valence-corrected chi connectivity index (χ2v) is 5.35. The summed E-state index contributed by atoms with van der Waals surface area (Å²) in [5.41, 5.74) is 2.14. The summed E-state index contributed by atoms with van der Waals surface area (Å²) in [4.78, 5) is 0. The van der Waals surface area contributed by atoms with Crippen molar-refractivity contribution in [2.24, 2.45) is 0 Å².